The highest BCUT2D eigenvalue weighted by molar-refractivity contribution is 7.99. The number of aromatic nitrogens is 2. The van der Waals surface area contributed by atoms with Gasteiger partial charge < -0.3 is 15.2 Å². The second-order valence-corrected chi connectivity index (χ2v) is 8.34. The van der Waals surface area contributed by atoms with Crippen LogP contribution in [-0.2, 0) is 24.3 Å². The van der Waals surface area contributed by atoms with Gasteiger partial charge in [0.2, 0.25) is 5.91 Å². The van der Waals surface area contributed by atoms with Crippen LogP contribution in [0.2, 0.25) is 0 Å². The summed E-state index contributed by atoms with van der Waals surface area (Å²) in [5.41, 5.74) is 2.59. The number of nitrogens with zero attached hydrogens (tertiary/aromatic N) is 1. The normalized spacial score (nSPS) is 15.4. The molecule has 0 aliphatic carbocycles. The van der Waals surface area contributed by atoms with Gasteiger partial charge in [-0.25, -0.2) is 13.8 Å². The van der Waals surface area contributed by atoms with Crippen LogP contribution in [-0.4, -0.2) is 28.2 Å². The van der Waals surface area contributed by atoms with Crippen LogP contribution in [0.25, 0.3) is 0 Å². The predicted molar refractivity (Wildman–Crippen MR) is 114 cm³/mol. The quantitative estimate of drug-likeness (QED) is 0.402. The molecule has 3 N–H and O–H groups in total. The molecule has 4 rings (SSSR count). The monoisotopic (exact) mass is 443 g/mol. The molecule has 1 amide bonds. The first-order valence-corrected chi connectivity index (χ1v) is 10.8. The summed E-state index contributed by atoms with van der Waals surface area (Å²) in [5.74, 6) is -0.967. The van der Waals surface area contributed by atoms with E-state index in [2.05, 4.69) is 15.3 Å². The largest absolute Gasteiger partial charge is 0.327 e. The van der Waals surface area contributed by atoms with Crippen molar-refractivity contribution in [3.05, 3.63) is 87.3 Å². The number of hydrogen-bond acceptors (Lipinski definition) is 4. The molecule has 31 heavy (non-hydrogen) atoms. The Kier molecular flexibility index (Phi) is 6.43. The van der Waals surface area contributed by atoms with Crippen molar-refractivity contribution >= 4 is 23.4 Å². The zero-order valence-electron chi connectivity index (χ0n) is 16.6. The van der Waals surface area contributed by atoms with E-state index in [1.807, 2.05) is 0 Å². The number of benzene rings is 2. The minimum atomic E-state index is -0.429. The SMILES string of the molecule is O=C(CSc1nc2c(c(=O)[nH]1)C[NH+](Cc1ccc(F)cc1)CC2)Nc1cccc(F)c1. The van der Waals surface area contributed by atoms with Crippen LogP contribution in [0.5, 0.6) is 0 Å². The maximum Gasteiger partial charge on any atom is 0.260 e. The molecular weight excluding hydrogens is 422 g/mol. The number of amides is 1. The Hall–Kier alpha value is -3.04. The Labute approximate surface area is 181 Å². The highest BCUT2D eigenvalue weighted by Gasteiger charge is 2.24. The van der Waals surface area contributed by atoms with E-state index in [0.717, 1.165) is 29.6 Å². The molecule has 0 fully saturated rings. The number of aromatic amines is 1. The Balaban J connectivity index is 1.37. The second kappa shape index (κ2) is 9.40. The lowest BCUT2D eigenvalue weighted by Gasteiger charge is -2.25. The lowest BCUT2D eigenvalue weighted by molar-refractivity contribution is -0.929. The first kappa shape index (κ1) is 21.2. The lowest BCUT2D eigenvalue weighted by atomic mass is 10.1. The number of quaternary nitrogens is 1. The third-order valence-electron chi connectivity index (χ3n) is 5.04. The van der Waals surface area contributed by atoms with E-state index in [9.17, 15) is 18.4 Å². The van der Waals surface area contributed by atoms with Crippen molar-refractivity contribution in [2.75, 3.05) is 17.6 Å². The number of H-pyrrole nitrogens is 1. The minimum Gasteiger partial charge on any atom is -0.327 e. The van der Waals surface area contributed by atoms with Crippen LogP contribution in [0.4, 0.5) is 14.5 Å². The standard InChI is InChI=1S/C22H20F2N4O2S/c23-15-6-4-14(5-7-15)11-28-9-8-19-18(12-28)21(30)27-22(26-19)31-13-20(29)25-17-3-1-2-16(24)10-17/h1-7,10H,8-9,11-13H2,(H,25,29)(H,26,27,30)/p+1. The molecule has 1 aliphatic rings. The molecule has 2 heterocycles. The fourth-order valence-corrected chi connectivity index (χ4v) is 4.23. The highest BCUT2D eigenvalue weighted by atomic mass is 32.2. The number of rotatable bonds is 6. The van der Waals surface area contributed by atoms with E-state index in [4.69, 9.17) is 0 Å². The zero-order valence-corrected chi connectivity index (χ0v) is 17.4. The van der Waals surface area contributed by atoms with E-state index in [1.54, 1.807) is 18.2 Å². The summed E-state index contributed by atoms with van der Waals surface area (Å²) in [6.07, 6.45) is 0.652. The van der Waals surface area contributed by atoms with E-state index < -0.39 is 5.82 Å². The number of hydrogen-bond donors (Lipinski definition) is 3. The first-order valence-electron chi connectivity index (χ1n) is 9.84. The molecule has 0 saturated carbocycles. The summed E-state index contributed by atoms with van der Waals surface area (Å²) >= 11 is 1.13. The number of halogens is 2. The van der Waals surface area contributed by atoms with Gasteiger partial charge in [-0.1, -0.05) is 30.0 Å². The van der Waals surface area contributed by atoms with Crippen molar-refractivity contribution in [3.63, 3.8) is 0 Å². The van der Waals surface area contributed by atoms with E-state index >= 15 is 0 Å². The van der Waals surface area contributed by atoms with Gasteiger partial charge in [-0.3, -0.25) is 9.59 Å². The summed E-state index contributed by atoms with van der Waals surface area (Å²) in [4.78, 5) is 33.2. The van der Waals surface area contributed by atoms with Crippen molar-refractivity contribution in [1.29, 1.82) is 0 Å². The molecule has 3 aromatic rings. The van der Waals surface area contributed by atoms with Gasteiger partial charge in [-0.2, -0.15) is 0 Å². The van der Waals surface area contributed by atoms with Crippen molar-refractivity contribution < 1.29 is 18.5 Å². The molecule has 0 bridgehead atoms. The van der Waals surface area contributed by atoms with E-state index in [-0.39, 0.29) is 23.0 Å². The fourth-order valence-electron chi connectivity index (χ4n) is 3.55. The van der Waals surface area contributed by atoms with Crippen molar-refractivity contribution in [3.8, 4) is 0 Å². The predicted octanol–water partition coefficient (Wildman–Crippen LogP) is 1.92. The number of nitrogens with one attached hydrogen (secondary N) is 3. The molecule has 9 heteroatoms. The Morgan fingerprint density at radius 3 is 2.74 bits per heavy atom. The number of carbonyl (C=O) groups is 1. The zero-order chi connectivity index (χ0) is 21.8. The van der Waals surface area contributed by atoms with E-state index in [0.29, 0.717) is 35.9 Å². The second-order valence-electron chi connectivity index (χ2n) is 7.37. The van der Waals surface area contributed by atoms with E-state index in [1.165, 1.54) is 35.2 Å². The maximum atomic E-state index is 13.2. The molecule has 1 unspecified atom stereocenters. The average molecular weight is 443 g/mol. The fraction of sp³-hybridized carbons (Fsp3) is 0.227. The van der Waals surface area contributed by atoms with Crippen LogP contribution in [0.3, 0.4) is 0 Å². The van der Waals surface area contributed by atoms with Gasteiger partial charge >= 0.3 is 0 Å². The smallest absolute Gasteiger partial charge is 0.260 e. The Morgan fingerprint density at radius 2 is 1.97 bits per heavy atom. The molecule has 2 aromatic carbocycles. The molecule has 1 atom stereocenters. The summed E-state index contributed by atoms with van der Waals surface area (Å²) in [6.45, 7) is 2.06. The third-order valence-corrected chi connectivity index (χ3v) is 5.91. The lowest BCUT2D eigenvalue weighted by Crippen LogP contribution is -3.10. The van der Waals surface area contributed by atoms with Crippen LogP contribution >= 0.6 is 11.8 Å². The summed E-state index contributed by atoms with van der Waals surface area (Å²) in [6, 6.07) is 12.1. The molecule has 1 aromatic heterocycles. The van der Waals surface area contributed by atoms with Gasteiger partial charge in [-0.05, 0) is 30.3 Å². The van der Waals surface area contributed by atoms with Crippen molar-refractivity contribution in [2.45, 2.75) is 24.7 Å². The maximum absolute atomic E-state index is 13.2. The van der Waals surface area contributed by atoms with Gasteiger partial charge in [0.25, 0.3) is 5.56 Å². The number of thioether (sulfide) groups is 1. The van der Waals surface area contributed by atoms with Crippen molar-refractivity contribution in [1.82, 2.24) is 9.97 Å². The number of carbonyl (C=O) groups excluding carboxylic acids is 1. The number of fused-ring (bicyclic) bond motifs is 1. The van der Waals surface area contributed by atoms with Gasteiger partial charge in [0.05, 0.1) is 23.6 Å². The molecule has 1 aliphatic heterocycles. The van der Waals surface area contributed by atoms with Crippen molar-refractivity contribution in [2.24, 2.45) is 0 Å². The highest BCUT2D eigenvalue weighted by Crippen LogP contribution is 2.16. The van der Waals surface area contributed by atoms with Gasteiger partial charge in [-0.15, -0.1) is 0 Å². The Morgan fingerprint density at radius 1 is 1.16 bits per heavy atom. The average Bonchev–Trinajstić information content (AvgIpc) is 2.74. The summed E-state index contributed by atoms with van der Waals surface area (Å²) in [5, 5.41) is 3.01. The molecular formula is C22H21F2N4O2S+. The molecule has 6 nitrogen and oxygen atoms in total. The summed E-state index contributed by atoms with van der Waals surface area (Å²) < 4.78 is 26.3. The van der Waals surface area contributed by atoms with Gasteiger partial charge in [0.1, 0.15) is 24.7 Å². The third kappa shape index (κ3) is 5.56. The Bertz CT molecular complexity index is 1150. The summed E-state index contributed by atoms with van der Waals surface area (Å²) in [7, 11) is 0. The number of anilines is 1. The van der Waals surface area contributed by atoms with Crippen LogP contribution < -0.4 is 15.8 Å². The van der Waals surface area contributed by atoms with Crippen LogP contribution in [0.1, 0.15) is 16.8 Å². The molecule has 0 spiro atoms. The first-order chi connectivity index (χ1) is 15.0. The van der Waals surface area contributed by atoms with Crippen LogP contribution in [0.15, 0.2) is 58.5 Å². The van der Waals surface area contributed by atoms with Gasteiger partial charge in [0.15, 0.2) is 5.16 Å². The van der Waals surface area contributed by atoms with Crippen LogP contribution in [0, 0.1) is 11.6 Å². The molecule has 0 saturated heterocycles. The molecule has 160 valence electrons. The topological polar surface area (TPSA) is 79.3 Å². The minimum absolute atomic E-state index is 0.0418. The van der Waals surface area contributed by atoms with Gasteiger partial charge in [0, 0.05) is 17.7 Å². The molecule has 0 radical (unpaired) electrons.